The lowest BCUT2D eigenvalue weighted by molar-refractivity contribution is 0.240. The van der Waals surface area contributed by atoms with Gasteiger partial charge in [-0.3, -0.25) is 0 Å². The molecule has 2 aromatic carbocycles. The molecule has 0 bridgehead atoms. The molecule has 1 N–H and O–H groups in total. The Morgan fingerprint density at radius 3 is 2.88 bits per heavy atom. The van der Waals surface area contributed by atoms with Gasteiger partial charge in [0.15, 0.2) is 0 Å². The molecule has 0 radical (unpaired) electrons. The van der Waals surface area contributed by atoms with Gasteiger partial charge in [-0.2, -0.15) is 0 Å². The van der Waals surface area contributed by atoms with Crippen molar-refractivity contribution in [2.45, 2.75) is 6.92 Å². The maximum absolute atomic E-state index is 6.10. The summed E-state index contributed by atoms with van der Waals surface area (Å²) >= 11 is 3.15. The average Bonchev–Trinajstić information content (AvgIpc) is 3.42. The molecule has 0 aliphatic rings. The van der Waals surface area contributed by atoms with Gasteiger partial charge in [-0.1, -0.05) is 11.8 Å². The van der Waals surface area contributed by atoms with Gasteiger partial charge in [-0.05, 0) is 48.9 Å². The van der Waals surface area contributed by atoms with Crippen LogP contribution in [0.15, 0.2) is 54.3 Å². The number of anilines is 2. The van der Waals surface area contributed by atoms with E-state index in [-0.39, 0.29) is 0 Å². The van der Waals surface area contributed by atoms with Crippen LogP contribution in [0.2, 0.25) is 0 Å². The monoisotopic (exact) mass is 458 g/mol. The van der Waals surface area contributed by atoms with Crippen molar-refractivity contribution in [3.8, 4) is 23.3 Å². The summed E-state index contributed by atoms with van der Waals surface area (Å²) in [5.41, 5.74) is 4.71. The third-order valence-electron chi connectivity index (χ3n) is 4.72. The van der Waals surface area contributed by atoms with E-state index >= 15 is 0 Å². The number of fused-ring (bicyclic) bond motifs is 2. The molecule has 0 aliphatic heterocycles. The molecule has 3 aromatic heterocycles. The van der Waals surface area contributed by atoms with Gasteiger partial charge in [-0.25, -0.2) is 15.0 Å². The van der Waals surface area contributed by atoms with Crippen molar-refractivity contribution >= 4 is 54.6 Å². The van der Waals surface area contributed by atoms with E-state index in [9.17, 15) is 0 Å². The van der Waals surface area contributed by atoms with Crippen LogP contribution in [0.5, 0.6) is 11.5 Å². The number of rotatable bonds is 5. The Balaban J connectivity index is 1.37. The minimum atomic E-state index is 0.399. The number of hydrogen-bond donors (Lipinski definition) is 1. The quantitative estimate of drug-likeness (QED) is 0.319. The molecule has 0 amide bonds. The summed E-state index contributed by atoms with van der Waals surface area (Å²) in [5, 5.41) is 4.34. The number of nitrogens with zero attached hydrogens (tertiary/aromatic N) is 3. The number of benzene rings is 2. The zero-order valence-electron chi connectivity index (χ0n) is 17.4. The molecule has 32 heavy (non-hydrogen) atoms. The molecule has 0 unspecified atom stereocenters. The van der Waals surface area contributed by atoms with Crippen molar-refractivity contribution in [1.29, 1.82) is 0 Å². The number of methoxy groups -OCH3 is 1. The predicted octanol–water partition coefficient (Wildman–Crippen LogP) is 6.14. The molecular weight excluding hydrogens is 440 g/mol. The van der Waals surface area contributed by atoms with Crippen LogP contribution in [0.3, 0.4) is 0 Å². The van der Waals surface area contributed by atoms with Gasteiger partial charge in [0.25, 0.3) is 0 Å². The first-order chi connectivity index (χ1) is 15.7. The molecule has 6 nitrogen and oxygen atoms in total. The maximum Gasteiger partial charge on any atom is 0.142 e. The molecule has 0 aliphatic carbocycles. The summed E-state index contributed by atoms with van der Waals surface area (Å²) in [6.45, 7) is 2.42. The van der Waals surface area contributed by atoms with E-state index in [1.807, 2.05) is 54.9 Å². The molecule has 5 rings (SSSR count). The van der Waals surface area contributed by atoms with Crippen molar-refractivity contribution in [3.63, 3.8) is 0 Å². The van der Waals surface area contributed by atoms with E-state index in [1.54, 1.807) is 24.8 Å². The molecule has 158 valence electrons. The first-order valence-corrected chi connectivity index (χ1v) is 11.5. The minimum Gasteiger partial charge on any atom is -0.457 e. The van der Waals surface area contributed by atoms with Crippen molar-refractivity contribution in [2.75, 3.05) is 19.0 Å². The zero-order valence-corrected chi connectivity index (χ0v) is 19.0. The van der Waals surface area contributed by atoms with Crippen LogP contribution < -0.4 is 10.1 Å². The normalized spacial score (nSPS) is 10.8. The Kier molecular flexibility index (Phi) is 5.69. The van der Waals surface area contributed by atoms with Gasteiger partial charge >= 0.3 is 0 Å². The summed E-state index contributed by atoms with van der Waals surface area (Å²) in [4.78, 5) is 15.0. The van der Waals surface area contributed by atoms with Crippen LogP contribution in [0, 0.1) is 18.8 Å². The second-order valence-electron chi connectivity index (χ2n) is 6.98. The van der Waals surface area contributed by atoms with Gasteiger partial charge in [0.1, 0.15) is 35.1 Å². The topological polar surface area (TPSA) is 69.2 Å². The Morgan fingerprint density at radius 1 is 1.06 bits per heavy atom. The van der Waals surface area contributed by atoms with Crippen LogP contribution >= 0.6 is 22.7 Å². The van der Waals surface area contributed by atoms with Crippen molar-refractivity contribution < 1.29 is 9.47 Å². The summed E-state index contributed by atoms with van der Waals surface area (Å²) in [6, 6.07) is 13.9. The molecule has 3 heterocycles. The summed E-state index contributed by atoms with van der Waals surface area (Å²) in [7, 11) is 1.63. The van der Waals surface area contributed by atoms with Gasteiger partial charge < -0.3 is 14.8 Å². The number of ether oxygens (including phenoxy) is 2. The van der Waals surface area contributed by atoms with E-state index < -0.39 is 0 Å². The molecular formula is C24H18N4O2S2. The van der Waals surface area contributed by atoms with Gasteiger partial charge in [0, 0.05) is 18.9 Å². The molecule has 0 fully saturated rings. The number of aromatic nitrogens is 3. The first-order valence-electron chi connectivity index (χ1n) is 9.81. The van der Waals surface area contributed by atoms with Gasteiger partial charge in [0.05, 0.1) is 26.0 Å². The molecule has 0 atom stereocenters. The number of aryl methyl sites for hydroxylation is 1. The van der Waals surface area contributed by atoms with Gasteiger partial charge in [0.2, 0.25) is 0 Å². The average molecular weight is 459 g/mol. The maximum atomic E-state index is 6.10. The third kappa shape index (κ3) is 4.27. The second-order valence-corrected chi connectivity index (χ2v) is 8.89. The molecule has 5 aromatic rings. The number of nitrogens with one attached hydrogen (secondary N) is 1. The number of thiazole rings is 1. The number of hydrogen-bond acceptors (Lipinski definition) is 8. The zero-order chi connectivity index (χ0) is 21.9. The highest BCUT2D eigenvalue weighted by molar-refractivity contribution is 7.19. The van der Waals surface area contributed by atoms with Crippen molar-refractivity contribution in [1.82, 2.24) is 15.0 Å². The lowest BCUT2D eigenvalue weighted by Gasteiger charge is -2.12. The fourth-order valence-electron chi connectivity index (χ4n) is 3.22. The lowest BCUT2D eigenvalue weighted by atomic mass is 10.2. The Hall–Kier alpha value is -3.51. The van der Waals surface area contributed by atoms with E-state index in [4.69, 9.17) is 9.47 Å². The summed E-state index contributed by atoms with van der Waals surface area (Å²) < 4.78 is 12.2. The van der Waals surface area contributed by atoms with Crippen LogP contribution in [0.4, 0.5) is 11.5 Å². The third-order valence-corrected chi connectivity index (χ3v) is 6.49. The highest BCUT2D eigenvalue weighted by Gasteiger charge is 2.10. The minimum absolute atomic E-state index is 0.399. The summed E-state index contributed by atoms with van der Waals surface area (Å²) in [5.74, 6) is 8.39. The van der Waals surface area contributed by atoms with Crippen LogP contribution in [-0.2, 0) is 4.74 Å². The van der Waals surface area contributed by atoms with Crippen LogP contribution in [-0.4, -0.2) is 28.7 Å². The highest BCUT2D eigenvalue weighted by Crippen LogP contribution is 2.33. The second kappa shape index (κ2) is 8.93. The number of thiophene rings is 1. The van der Waals surface area contributed by atoms with E-state index in [1.165, 1.54) is 11.3 Å². The Morgan fingerprint density at radius 2 is 2.00 bits per heavy atom. The largest absolute Gasteiger partial charge is 0.457 e. The van der Waals surface area contributed by atoms with Crippen LogP contribution in [0.1, 0.15) is 10.4 Å². The van der Waals surface area contributed by atoms with Gasteiger partial charge in [-0.15, -0.1) is 22.7 Å². The van der Waals surface area contributed by atoms with Crippen molar-refractivity contribution in [3.05, 3.63) is 64.7 Å². The van der Waals surface area contributed by atoms with Crippen LogP contribution in [0.25, 0.3) is 20.4 Å². The van der Waals surface area contributed by atoms with E-state index in [2.05, 4.69) is 32.1 Å². The smallest absolute Gasteiger partial charge is 0.142 e. The van der Waals surface area contributed by atoms with E-state index in [0.29, 0.717) is 6.61 Å². The SMILES string of the molecule is COCC#Cc1cc2c(Nc3ccc(Oc4ccc5scnc5c4)c(C)c3)ncnc2s1. The fourth-order valence-corrected chi connectivity index (χ4v) is 4.75. The van der Waals surface area contributed by atoms with Crippen molar-refractivity contribution in [2.24, 2.45) is 0 Å². The highest BCUT2D eigenvalue weighted by atomic mass is 32.1. The van der Waals surface area contributed by atoms with E-state index in [0.717, 1.165) is 53.9 Å². The molecule has 0 saturated heterocycles. The standard InChI is InChI=1S/C24H18N4O2S2/c1-15-10-16(5-7-21(15)30-17-6-8-22-20(11-17)27-14-31-22)28-23-19-12-18(4-3-9-29-2)32-24(19)26-13-25-23/h5-8,10-14H,9H2,1-2H3,(H,25,26,28). The molecule has 8 heteroatoms. The summed E-state index contributed by atoms with van der Waals surface area (Å²) in [6.07, 6.45) is 1.56. The molecule has 0 saturated carbocycles. The first kappa shape index (κ1) is 20.4. The fraction of sp³-hybridized carbons (Fsp3) is 0.125. The Labute approximate surface area is 192 Å². The molecule has 0 spiro atoms. The Bertz CT molecular complexity index is 1480. The lowest BCUT2D eigenvalue weighted by Crippen LogP contribution is -1.96. The predicted molar refractivity (Wildman–Crippen MR) is 130 cm³/mol.